The van der Waals surface area contributed by atoms with Crippen molar-refractivity contribution in [2.75, 3.05) is 6.54 Å². The molecule has 3 atom stereocenters. The van der Waals surface area contributed by atoms with Crippen molar-refractivity contribution in [1.29, 1.82) is 0 Å². The monoisotopic (exact) mass is 241 g/mol. The molecule has 0 radical (unpaired) electrons. The highest BCUT2D eigenvalue weighted by Crippen LogP contribution is 2.27. The number of aliphatic hydroxyl groups is 1. The van der Waals surface area contributed by atoms with Crippen LogP contribution in [0.4, 0.5) is 0 Å². The fourth-order valence-corrected chi connectivity index (χ4v) is 3.23. The second-order valence-electron chi connectivity index (χ2n) is 5.64. The molecule has 0 aromatic rings. The van der Waals surface area contributed by atoms with E-state index in [0.29, 0.717) is 6.04 Å². The Morgan fingerprint density at radius 2 is 1.76 bits per heavy atom. The van der Waals surface area contributed by atoms with Crippen LogP contribution in [0.15, 0.2) is 0 Å². The first-order valence-corrected chi connectivity index (χ1v) is 7.64. The van der Waals surface area contributed by atoms with Gasteiger partial charge in [-0.3, -0.25) is 4.90 Å². The molecule has 2 nitrogen and oxygen atoms in total. The molecule has 0 saturated heterocycles. The van der Waals surface area contributed by atoms with E-state index in [0.717, 1.165) is 25.3 Å². The Morgan fingerprint density at radius 3 is 2.35 bits per heavy atom. The summed E-state index contributed by atoms with van der Waals surface area (Å²) < 4.78 is 0. The quantitative estimate of drug-likeness (QED) is 0.740. The molecule has 1 aliphatic carbocycles. The van der Waals surface area contributed by atoms with Crippen LogP contribution >= 0.6 is 0 Å². The Balaban J connectivity index is 2.61. The molecule has 0 aliphatic heterocycles. The highest BCUT2D eigenvalue weighted by molar-refractivity contribution is 4.79. The van der Waals surface area contributed by atoms with E-state index in [-0.39, 0.29) is 6.23 Å². The van der Waals surface area contributed by atoms with E-state index in [1.54, 1.807) is 0 Å². The van der Waals surface area contributed by atoms with Gasteiger partial charge < -0.3 is 5.11 Å². The van der Waals surface area contributed by atoms with E-state index in [9.17, 15) is 5.11 Å². The molecule has 1 saturated carbocycles. The molecule has 0 aromatic carbocycles. The Morgan fingerprint density at radius 1 is 1.12 bits per heavy atom. The molecule has 1 rings (SSSR count). The normalized spacial score (nSPS) is 28.8. The number of nitrogens with zero attached hydrogens (tertiary/aromatic N) is 1. The van der Waals surface area contributed by atoms with E-state index in [1.165, 1.54) is 38.5 Å². The van der Waals surface area contributed by atoms with E-state index in [1.807, 2.05) is 0 Å². The molecular weight excluding hydrogens is 210 g/mol. The lowest BCUT2D eigenvalue weighted by molar-refractivity contribution is -0.0462. The molecule has 0 amide bonds. The van der Waals surface area contributed by atoms with Gasteiger partial charge in [-0.2, -0.15) is 0 Å². The minimum atomic E-state index is -0.225. The third kappa shape index (κ3) is 4.59. The molecule has 2 heteroatoms. The minimum absolute atomic E-state index is 0.225. The van der Waals surface area contributed by atoms with Crippen molar-refractivity contribution < 1.29 is 5.11 Å². The Kier molecular flexibility index (Phi) is 7.14. The van der Waals surface area contributed by atoms with E-state index in [4.69, 9.17) is 0 Å². The summed E-state index contributed by atoms with van der Waals surface area (Å²) in [6.07, 6.45) is 9.86. The average molecular weight is 241 g/mol. The van der Waals surface area contributed by atoms with Gasteiger partial charge in [0.05, 0.1) is 0 Å². The molecule has 0 heterocycles. The first kappa shape index (κ1) is 15.0. The lowest BCUT2D eigenvalue weighted by Gasteiger charge is -2.39. The Labute approximate surface area is 107 Å². The van der Waals surface area contributed by atoms with Crippen LogP contribution in [0.2, 0.25) is 0 Å². The van der Waals surface area contributed by atoms with Crippen molar-refractivity contribution in [3.63, 3.8) is 0 Å². The largest absolute Gasteiger partial charge is 0.378 e. The molecule has 102 valence electrons. The van der Waals surface area contributed by atoms with Gasteiger partial charge in [0.15, 0.2) is 0 Å². The van der Waals surface area contributed by atoms with Crippen molar-refractivity contribution in [1.82, 2.24) is 4.90 Å². The lowest BCUT2D eigenvalue weighted by atomic mass is 9.87. The molecule has 1 fully saturated rings. The molecule has 0 spiro atoms. The third-order valence-corrected chi connectivity index (χ3v) is 4.29. The summed E-state index contributed by atoms with van der Waals surface area (Å²) in [5.41, 5.74) is 0. The molecule has 1 N–H and O–H groups in total. The van der Waals surface area contributed by atoms with Gasteiger partial charge in [-0.05, 0) is 31.7 Å². The second-order valence-corrected chi connectivity index (χ2v) is 5.64. The van der Waals surface area contributed by atoms with Gasteiger partial charge in [-0.15, -0.1) is 0 Å². The van der Waals surface area contributed by atoms with E-state index >= 15 is 0 Å². The second kappa shape index (κ2) is 8.10. The zero-order chi connectivity index (χ0) is 12.7. The Bertz CT molecular complexity index is 195. The summed E-state index contributed by atoms with van der Waals surface area (Å²) in [7, 11) is 0. The van der Waals surface area contributed by atoms with Crippen LogP contribution < -0.4 is 0 Å². The van der Waals surface area contributed by atoms with Gasteiger partial charge >= 0.3 is 0 Å². The number of aliphatic hydroxyl groups excluding tert-OH is 1. The fraction of sp³-hybridized carbons (Fsp3) is 1.00. The first-order chi connectivity index (χ1) is 8.20. The van der Waals surface area contributed by atoms with Gasteiger partial charge in [-0.25, -0.2) is 0 Å². The van der Waals surface area contributed by atoms with Crippen molar-refractivity contribution in [2.24, 2.45) is 5.92 Å². The predicted octanol–water partition coefficient (Wildman–Crippen LogP) is 3.79. The lowest BCUT2D eigenvalue weighted by Crippen LogP contribution is -2.46. The summed E-state index contributed by atoms with van der Waals surface area (Å²) in [5, 5.41) is 10.3. The maximum absolute atomic E-state index is 10.3. The number of rotatable bonds is 5. The van der Waals surface area contributed by atoms with Gasteiger partial charge in [0.25, 0.3) is 0 Å². The molecular formula is C15H31NO. The summed E-state index contributed by atoms with van der Waals surface area (Å²) >= 11 is 0. The fourth-order valence-electron chi connectivity index (χ4n) is 3.23. The topological polar surface area (TPSA) is 23.5 Å². The highest BCUT2D eigenvalue weighted by Gasteiger charge is 2.27. The van der Waals surface area contributed by atoms with Crippen LogP contribution in [-0.2, 0) is 0 Å². The zero-order valence-electron chi connectivity index (χ0n) is 12.0. The summed E-state index contributed by atoms with van der Waals surface area (Å²) in [4.78, 5) is 2.35. The maximum atomic E-state index is 10.3. The highest BCUT2D eigenvalue weighted by atomic mass is 16.3. The first-order valence-electron chi connectivity index (χ1n) is 7.64. The van der Waals surface area contributed by atoms with Crippen LogP contribution in [0, 0.1) is 5.92 Å². The Hall–Kier alpha value is -0.0800. The van der Waals surface area contributed by atoms with Crippen molar-refractivity contribution in [2.45, 2.75) is 84.4 Å². The minimum Gasteiger partial charge on any atom is -0.378 e. The maximum Gasteiger partial charge on any atom is 0.107 e. The van der Waals surface area contributed by atoms with Crippen LogP contribution in [0.1, 0.15) is 72.1 Å². The van der Waals surface area contributed by atoms with E-state index < -0.39 is 0 Å². The van der Waals surface area contributed by atoms with Crippen LogP contribution in [0.3, 0.4) is 0 Å². The smallest absolute Gasteiger partial charge is 0.107 e. The summed E-state index contributed by atoms with van der Waals surface area (Å²) in [5.74, 6) is 0.738. The van der Waals surface area contributed by atoms with Crippen molar-refractivity contribution >= 4 is 0 Å². The zero-order valence-corrected chi connectivity index (χ0v) is 12.0. The molecule has 17 heavy (non-hydrogen) atoms. The van der Waals surface area contributed by atoms with Crippen molar-refractivity contribution in [3.8, 4) is 0 Å². The van der Waals surface area contributed by atoms with Gasteiger partial charge in [-0.1, -0.05) is 52.9 Å². The number of hydrogen-bond donors (Lipinski definition) is 1. The molecule has 0 aromatic heterocycles. The van der Waals surface area contributed by atoms with Crippen LogP contribution in [0.5, 0.6) is 0 Å². The SMILES string of the molecule is CCCC(O)N(CC)C1CCCCCCC1C. The third-order valence-electron chi connectivity index (χ3n) is 4.29. The molecule has 0 bridgehead atoms. The van der Waals surface area contributed by atoms with Gasteiger partial charge in [0.1, 0.15) is 6.23 Å². The van der Waals surface area contributed by atoms with E-state index in [2.05, 4.69) is 25.7 Å². The van der Waals surface area contributed by atoms with Crippen LogP contribution in [0.25, 0.3) is 0 Å². The summed E-state index contributed by atoms with van der Waals surface area (Å²) in [6.45, 7) is 7.69. The predicted molar refractivity (Wildman–Crippen MR) is 73.9 cm³/mol. The van der Waals surface area contributed by atoms with Crippen LogP contribution in [-0.4, -0.2) is 28.8 Å². The van der Waals surface area contributed by atoms with Crippen molar-refractivity contribution in [3.05, 3.63) is 0 Å². The van der Waals surface area contributed by atoms with Gasteiger partial charge in [0.2, 0.25) is 0 Å². The average Bonchev–Trinajstić information content (AvgIpc) is 2.29. The molecule has 1 aliphatic rings. The summed E-state index contributed by atoms with van der Waals surface area (Å²) in [6, 6.07) is 0.599. The van der Waals surface area contributed by atoms with Gasteiger partial charge in [0, 0.05) is 6.04 Å². The standard InChI is InChI=1S/C15H31NO/c1-4-10-15(17)16(5-2)14-12-9-7-6-8-11-13(14)3/h13-15,17H,4-12H2,1-3H3. The molecule has 3 unspecified atom stereocenters. The number of hydrogen-bond acceptors (Lipinski definition) is 2.